The Kier molecular flexibility index (Phi) is 2.23. The minimum absolute atomic E-state index is 0.204. The molecule has 0 aliphatic heterocycles. The zero-order valence-corrected chi connectivity index (χ0v) is 10.5. The van der Waals surface area contributed by atoms with Crippen LogP contribution in [0.5, 0.6) is 0 Å². The zero-order valence-electron chi connectivity index (χ0n) is 10.5. The smallest absolute Gasteiger partial charge is 0.248 e. The minimum atomic E-state index is -0.204. The van der Waals surface area contributed by atoms with Gasteiger partial charge in [-0.3, -0.25) is 4.79 Å². The first kappa shape index (κ1) is 11.0. The van der Waals surface area contributed by atoms with E-state index in [2.05, 4.69) is 4.98 Å². The Morgan fingerprint density at radius 1 is 1.00 bits per heavy atom. The quantitative estimate of drug-likeness (QED) is 0.521. The number of fused-ring (bicyclic) bond motifs is 3. The van der Waals surface area contributed by atoms with Gasteiger partial charge in [0.25, 0.3) is 0 Å². The van der Waals surface area contributed by atoms with Crippen molar-refractivity contribution in [3.05, 3.63) is 72.4 Å². The molecule has 0 amide bonds. The SMILES string of the molecule is O=C(c1ccco1)c1nc2ccccc2n2cccc12. The summed E-state index contributed by atoms with van der Waals surface area (Å²) >= 11 is 0. The van der Waals surface area contributed by atoms with Gasteiger partial charge in [-0.2, -0.15) is 0 Å². The van der Waals surface area contributed by atoms with Gasteiger partial charge in [0.15, 0.2) is 5.76 Å². The van der Waals surface area contributed by atoms with Crippen molar-refractivity contribution in [3.8, 4) is 0 Å². The fourth-order valence-electron chi connectivity index (χ4n) is 2.42. The predicted octanol–water partition coefficient (Wildman–Crippen LogP) is 3.31. The van der Waals surface area contributed by atoms with Crippen LogP contribution in [0.15, 0.2) is 65.4 Å². The summed E-state index contributed by atoms with van der Waals surface area (Å²) in [5, 5.41) is 0. The Hall–Kier alpha value is -2.88. The van der Waals surface area contributed by atoms with Crippen molar-refractivity contribution in [1.82, 2.24) is 9.38 Å². The summed E-state index contributed by atoms with van der Waals surface area (Å²) in [6, 6.07) is 14.9. The van der Waals surface area contributed by atoms with E-state index in [1.807, 2.05) is 47.0 Å². The van der Waals surface area contributed by atoms with Crippen LogP contribution in [0, 0.1) is 0 Å². The molecule has 1 aromatic carbocycles. The van der Waals surface area contributed by atoms with Gasteiger partial charge in [0.2, 0.25) is 5.78 Å². The molecule has 0 fully saturated rings. The molecule has 4 aromatic rings. The summed E-state index contributed by atoms with van der Waals surface area (Å²) in [5.41, 5.74) is 2.95. The maximum Gasteiger partial charge on any atom is 0.248 e. The number of aromatic nitrogens is 2. The maximum atomic E-state index is 12.5. The number of para-hydroxylation sites is 2. The molecule has 0 saturated heterocycles. The van der Waals surface area contributed by atoms with Gasteiger partial charge in [-0.1, -0.05) is 12.1 Å². The maximum absolute atomic E-state index is 12.5. The molecule has 0 atom stereocenters. The van der Waals surface area contributed by atoms with Crippen LogP contribution >= 0.6 is 0 Å². The number of hydrogen-bond donors (Lipinski definition) is 0. The Morgan fingerprint density at radius 3 is 2.70 bits per heavy atom. The lowest BCUT2D eigenvalue weighted by molar-refractivity contribution is 0.101. The molecule has 4 heteroatoms. The van der Waals surface area contributed by atoms with E-state index in [1.54, 1.807) is 12.1 Å². The van der Waals surface area contributed by atoms with Gasteiger partial charge in [0.1, 0.15) is 5.69 Å². The lowest BCUT2D eigenvalue weighted by Gasteiger charge is -2.06. The second-order valence-corrected chi connectivity index (χ2v) is 4.52. The Labute approximate surface area is 114 Å². The van der Waals surface area contributed by atoms with Crippen LogP contribution in [-0.2, 0) is 0 Å². The van der Waals surface area contributed by atoms with Gasteiger partial charge < -0.3 is 8.82 Å². The van der Waals surface area contributed by atoms with Crippen LogP contribution in [-0.4, -0.2) is 15.2 Å². The molecule has 0 saturated carbocycles. The third-order valence-electron chi connectivity index (χ3n) is 3.32. The highest BCUT2D eigenvalue weighted by Gasteiger charge is 2.18. The molecule has 0 aliphatic carbocycles. The van der Waals surface area contributed by atoms with Crippen LogP contribution in [0.1, 0.15) is 16.2 Å². The predicted molar refractivity (Wildman–Crippen MR) is 74.8 cm³/mol. The number of furan rings is 1. The number of ketones is 1. The highest BCUT2D eigenvalue weighted by molar-refractivity contribution is 6.11. The van der Waals surface area contributed by atoms with E-state index in [1.165, 1.54) is 6.26 Å². The van der Waals surface area contributed by atoms with Crippen molar-refractivity contribution in [1.29, 1.82) is 0 Å². The third-order valence-corrected chi connectivity index (χ3v) is 3.32. The summed E-state index contributed by atoms with van der Waals surface area (Å²) in [6.45, 7) is 0. The highest BCUT2D eigenvalue weighted by atomic mass is 16.3. The molecule has 0 bridgehead atoms. The van der Waals surface area contributed by atoms with Crippen molar-refractivity contribution < 1.29 is 9.21 Å². The lowest BCUT2D eigenvalue weighted by atomic mass is 10.2. The molecular formula is C16H10N2O2. The van der Waals surface area contributed by atoms with E-state index in [4.69, 9.17) is 4.42 Å². The number of benzene rings is 1. The molecule has 4 nitrogen and oxygen atoms in total. The first-order valence-corrected chi connectivity index (χ1v) is 6.28. The van der Waals surface area contributed by atoms with Gasteiger partial charge in [-0.15, -0.1) is 0 Å². The molecule has 20 heavy (non-hydrogen) atoms. The zero-order chi connectivity index (χ0) is 13.5. The van der Waals surface area contributed by atoms with Crippen molar-refractivity contribution in [2.45, 2.75) is 0 Å². The fourth-order valence-corrected chi connectivity index (χ4v) is 2.42. The Morgan fingerprint density at radius 2 is 1.85 bits per heavy atom. The van der Waals surface area contributed by atoms with Crippen LogP contribution in [0.25, 0.3) is 16.6 Å². The number of carbonyl (C=O) groups excluding carboxylic acids is 1. The molecule has 3 aromatic heterocycles. The van der Waals surface area contributed by atoms with E-state index in [9.17, 15) is 4.79 Å². The Bertz CT molecular complexity index is 920. The normalized spacial score (nSPS) is 11.2. The standard InChI is InChI=1S/C16H10N2O2/c19-16(14-8-4-10-20-14)15-13-7-3-9-18(13)12-6-2-1-5-11(12)17-15/h1-10H. The minimum Gasteiger partial charge on any atom is -0.461 e. The average Bonchev–Trinajstić information content (AvgIpc) is 3.16. The van der Waals surface area contributed by atoms with Crippen LogP contribution in [0.2, 0.25) is 0 Å². The fraction of sp³-hybridized carbons (Fsp3) is 0. The number of carbonyl (C=O) groups is 1. The second kappa shape index (κ2) is 4.06. The first-order valence-electron chi connectivity index (χ1n) is 6.28. The molecule has 0 radical (unpaired) electrons. The summed E-state index contributed by atoms with van der Waals surface area (Å²) in [5.74, 6) is 0.0975. The number of nitrogens with zero attached hydrogens (tertiary/aromatic N) is 2. The summed E-state index contributed by atoms with van der Waals surface area (Å²) < 4.78 is 7.16. The second-order valence-electron chi connectivity index (χ2n) is 4.52. The van der Waals surface area contributed by atoms with Crippen LogP contribution < -0.4 is 0 Å². The molecule has 0 N–H and O–H groups in total. The van der Waals surface area contributed by atoms with Crippen molar-refractivity contribution in [2.75, 3.05) is 0 Å². The summed E-state index contributed by atoms with van der Waals surface area (Å²) in [6.07, 6.45) is 3.42. The summed E-state index contributed by atoms with van der Waals surface area (Å²) in [7, 11) is 0. The molecule has 96 valence electrons. The van der Waals surface area contributed by atoms with E-state index in [0.717, 1.165) is 16.6 Å². The lowest BCUT2D eigenvalue weighted by Crippen LogP contribution is -2.06. The van der Waals surface area contributed by atoms with E-state index in [-0.39, 0.29) is 5.78 Å². The molecule has 3 heterocycles. The molecule has 0 spiro atoms. The highest BCUT2D eigenvalue weighted by Crippen LogP contribution is 2.21. The van der Waals surface area contributed by atoms with Gasteiger partial charge in [-0.05, 0) is 36.4 Å². The van der Waals surface area contributed by atoms with E-state index in [0.29, 0.717) is 11.5 Å². The third kappa shape index (κ3) is 1.48. The first-order chi connectivity index (χ1) is 9.84. The number of rotatable bonds is 2. The largest absolute Gasteiger partial charge is 0.461 e. The van der Waals surface area contributed by atoms with Crippen molar-refractivity contribution >= 4 is 22.3 Å². The molecule has 0 unspecified atom stereocenters. The molecule has 4 rings (SSSR count). The average molecular weight is 262 g/mol. The molecular weight excluding hydrogens is 252 g/mol. The molecule has 0 aliphatic rings. The van der Waals surface area contributed by atoms with Crippen molar-refractivity contribution in [3.63, 3.8) is 0 Å². The number of hydrogen-bond acceptors (Lipinski definition) is 3. The van der Waals surface area contributed by atoms with E-state index >= 15 is 0 Å². The van der Waals surface area contributed by atoms with Gasteiger partial charge >= 0.3 is 0 Å². The van der Waals surface area contributed by atoms with Crippen molar-refractivity contribution in [2.24, 2.45) is 0 Å². The monoisotopic (exact) mass is 262 g/mol. The summed E-state index contributed by atoms with van der Waals surface area (Å²) in [4.78, 5) is 17.0. The Balaban J connectivity index is 2.07. The van der Waals surface area contributed by atoms with Crippen LogP contribution in [0.3, 0.4) is 0 Å². The van der Waals surface area contributed by atoms with Crippen LogP contribution in [0.4, 0.5) is 0 Å². The topological polar surface area (TPSA) is 47.5 Å². The van der Waals surface area contributed by atoms with Gasteiger partial charge in [0, 0.05) is 6.20 Å². The van der Waals surface area contributed by atoms with E-state index < -0.39 is 0 Å². The van der Waals surface area contributed by atoms with Gasteiger partial charge in [0.05, 0.1) is 22.8 Å². The van der Waals surface area contributed by atoms with Gasteiger partial charge in [-0.25, -0.2) is 4.98 Å².